The Morgan fingerprint density at radius 2 is 2.00 bits per heavy atom. The van der Waals surface area contributed by atoms with Gasteiger partial charge in [-0.1, -0.05) is 6.92 Å². The van der Waals surface area contributed by atoms with E-state index in [2.05, 4.69) is 0 Å². The Bertz CT molecular complexity index is 141. The van der Waals surface area contributed by atoms with E-state index >= 15 is 0 Å². The topological polar surface area (TPSA) is 20.2 Å². The van der Waals surface area contributed by atoms with Crippen LogP contribution in [0.25, 0.3) is 0 Å². The van der Waals surface area contributed by atoms with Crippen LogP contribution in [0, 0.1) is 5.41 Å². The van der Waals surface area contributed by atoms with Crippen molar-refractivity contribution in [1.29, 1.82) is 0 Å². The summed E-state index contributed by atoms with van der Waals surface area (Å²) in [6.07, 6.45) is 0.931. The van der Waals surface area contributed by atoms with E-state index < -0.39 is 11.3 Å². The second-order valence-electron chi connectivity index (χ2n) is 3.54. The van der Waals surface area contributed by atoms with Crippen molar-refractivity contribution in [2.75, 3.05) is 6.61 Å². The minimum atomic E-state index is -2.53. The minimum Gasteiger partial charge on any atom is -0.396 e. The van der Waals surface area contributed by atoms with Gasteiger partial charge in [-0.15, -0.1) is 0 Å². The molecule has 1 fully saturated rings. The molecule has 3 heteroatoms. The van der Waals surface area contributed by atoms with Gasteiger partial charge in [-0.3, -0.25) is 0 Å². The standard InChI is InChI=1S/C8H14F2O/c1-2-7(6-11)3-4-8(9,10)5-7/h11H,2-6H2,1H3. The van der Waals surface area contributed by atoms with Gasteiger partial charge in [0.25, 0.3) is 0 Å². The first-order valence-electron chi connectivity index (χ1n) is 4.02. The third-order valence-electron chi connectivity index (χ3n) is 2.74. The molecule has 0 heterocycles. The molecule has 0 amide bonds. The van der Waals surface area contributed by atoms with Gasteiger partial charge in [-0.25, -0.2) is 8.78 Å². The van der Waals surface area contributed by atoms with Gasteiger partial charge >= 0.3 is 0 Å². The number of hydrogen-bond acceptors (Lipinski definition) is 1. The normalized spacial score (nSPS) is 36.0. The molecule has 11 heavy (non-hydrogen) atoms. The maximum absolute atomic E-state index is 12.7. The summed E-state index contributed by atoms with van der Waals surface area (Å²) in [5, 5.41) is 8.92. The molecule has 0 radical (unpaired) electrons. The molecule has 0 aromatic rings. The lowest BCUT2D eigenvalue weighted by Crippen LogP contribution is -2.23. The summed E-state index contributed by atoms with van der Waals surface area (Å²) in [4.78, 5) is 0. The molecule has 0 spiro atoms. The van der Waals surface area contributed by atoms with Crippen LogP contribution < -0.4 is 0 Å². The molecule has 0 aromatic carbocycles. The fourth-order valence-corrected chi connectivity index (χ4v) is 1.72. The Morgan fingerprint density at radius 1 is 1.36 bits per heavy atom. The molecule has 1 nitrogen and oxygen atoms in total. The van der Waals surface area contributed by atoms with Gasteiger partial charge in [0.15, 0.2) is 0 Å². The number of alkyl halides is 2. The van der Waals surface area contributed by atoms with Crippen LogP contribution in [0.1, 0.15) is 32.6 Å². The molecule has 0 saturated heterocycles. The van der Waals surface area contributed by atoms with Crippen molar-refractivity contribution in [2.45, 2.75) is 38.5 Å². The Balaban J connectivity index is 2.62. The molecular weight excluding hydrogens is 150 g/mol. The van der Waals surface area contributed by atoms with E-state index in [1.807, 2.05) is 6.92 Å². The van der Waals surface area contributed by atoms with E-state index in [1.165, 1.54) is 0 Å². The zero-order valence-corrected chi connectivity index (χ0v) is 6.74. The lowest BCUT2D eigenvalue weighted by molar-refractivity contribution is -0.0126. The lowest BCUT2D eigenvalue weighted by Gasteiger charge is -2.24. The van der Waals surface area contributed by atoms with Crippen LogP contribution in [0.2, 0.25) is 0 Å². The second-order valence-corrected chi connectivity index (χ2v) is 3.54. The van der Waals surface area contributed by atoms with Crippen LogP contribution in [0.5, 0.6) is 0 Å². The average molecular weight is 164 g/mol. The molecule has 1 saturated carbocycles. The van der Waals surface area contributed by atoms with E-state index in [0.717, 1.165) is 0 Å². The third-order valence-corrected chi connectivity index (χ3v) is 2.74. The fraction of sp³-hybridized carbons (Fsp3) is 1.00. The highest BCUT2D eigenvalue weighted by Gasteiger charge is 2.47. The first-order valence-corrected chi connectivity index (χ1v) is 4.02. The zero-order chi connectivity index (χ0) is 8.54. The molecule has 1 aliphatic carbocycles. The lowest BCUT2D eigenvalue weighted by atomic mass is 9.84. The summed E-state index contributed by atoms with van der Waals surface area (Å²) in [5.41, 5.74) is -0.483. The average Bonchev–Trinajstić information content (AvgIpc) is 2.28. The molecule has 0 aliphatic heterocycles. The van der Waals surface area contributed by atoms with Gasteiger partial charge in [0.2, 0.25) is 5.92 Å². The van der Waals surface area contributed by atoms with Crippen LogP contribution in [0.15, 0.2) is 0 Å². The third kappa shape index (κ3) is 1.70. The minimum absolute atomic E-state index is 0.0542. The molecule has 66 valence electrons. The van der Waals surface area contributed by atoms with Crippen molar-refractivity contribution < 1.29 is 13.9 Å². The largest absolute Gasteiger partial charge is 0.396 e. The highest BCUT2D eigenvalue weighted by molar-refractivity contribution is 4.91. The Hall–Kier alpha value is -0.180. The van der Waals surface area contributed by atoms with Crippen molar-refractivity contribution in [3.05, 3.63) is 0 Å². The van der Waals surface area contributed by atoms with Gasteiger partial charge in [-0.2, -0.15) is 0 Å². The summed E-state index contributed by atoms with van der Waals surface area (Å²) < 4.78 is 25.4. The number of halogens is 2. The number of hydrogen-bond donors (Lipinski definition) is 1. The SMILES string of the molecule is CCC1(CO)CCC(F)(F)C1. The predicted octanol–water partition coefficient (Wildman–Crippen LogP) is 2.19. The van der Waals surface area contributed by atoms with Crippen LogP contribution in [-0.4, -0.2) is 17.6 Å². The maximum Gasteiger partial charge on any atom is 0.248 e. The zero-order valence-electron chi connectivity index (χ0n) is 6.74. The van der Waals surface area contributed by atoms with Gasteiger partial charge in [0.05, 0.1) is 0 Å². The van der Waals surface area contributed by atoms with Crippen molar-refractivity contribution >= 4 is 0 Å². The smallest absolute Gasteiger partial charge is 0.248 e. The van der Waals surface area contributed by atoms with Crippen molar-refractivity contribution in [2.24, 2.45) is 5.41 Å². The highest BCUT2D eigenvalue weighted by Crippen LogP contribution is 2.48. The Morgan fingerprint density at radius 3 is 2.18 bits per heavy atom. The summed E-state index contributed by atoms with van der Waals surface area (Å²) in [7, 11) is 0. The van der Waals surface area contributed by atoms with Gasteiger partial charge in [-0.05, 0) is 18.3 Å². The monoisotopic (exact) mass is 164 g/mol. The number of rotatable bonds is 2. The highest BCUT2D eigenvalue weighted by atomic mass is 19.3. The second kappa shape index (κ2) is 2.70. The fourth-order valence-electron chi connectivity index (χ4n) is 1.72. The van der Waals surface area contributed by atoms with Crippen molar-refractivity contribution in [3.63, 3.8) is 0 Å². The molecule has 1 unspecified atom stereocenters. The van der Waals surface area contributed by atoms with E-state index in [-0.39, 0.29) is 19.4 Å². The molecular formula is C8H14F2O. The van der Waals surface area contributed by atoms with Gasteiger partial charge < -0.3 is 5.11 Å². The van der Waals surface area contributed by atoms with E-state index in [4.69, 9.17) is 5.11 Å². The molecule has 1 N–H and O–H groups in total. The Kier molecular flexibility index (Phi) is 2.19. The quantitative estimate of drug-likeness (QED) is 0.663. The number of aliphatic hydroxyl groups is 1. The maximum atomic E-state index is 12.7. The van der Waals surface area contributed by atoms with E-state index in [9.17, 15) is 8.78 Å². The predicted molar refractivity (Wildman–Crippen MR) is 38.6 cm³/mol. The van der Waals surface area contributed by atoms with Crippen molar-refractivity contribution in [3.8, 4) is 0 Å². The van der Waals surface area contributed by atoms with E-state index in [0.29, 0.717) is 12.8 Å². The van der Waals surface area contributed by atoms with Crippen LogP contribution in [0.4, 0.5) is 8.78 Å². The van der Waals surface area contributed by atoms with Crippen LogP contribution >= 0.6 is 0 Å². The van der Waals surface area contributed by atoms with Crippen LogP contribution in [0.3, 0.4) is 0 Å². The Labute approximate surface area is 65.4 Å². The summed E-state index contributed by atoms with van der Waals surface area (Å²) >= 11 is 0. The van der Waals surface area contributed by atoms with E-state index in [1.54, 1.807) is 0 Å². The summed E-state index contributed by atoms with van der Waals surface area (Å²) in [6, 6.07) is 0. The first kappa shape index (κ1) is 8.91. The van der Waals surface area contributed by atoms with Crippen molar-refractivity contribution in [1.82, 2.24) is 0 Å². The molecule has 0 bridgehead atoms. The molecule has 0 aromatic heterocycles. The summed E-state index contributed by atoms with van der Waals surface area (Å²) in [5.74, 6) is -2.53. The van der Waals surface area contributed by atoms with Crippen LogP contribution in [-0.2, 0) is 0 Å². The van der Waals surface area contributed by atoms with Gasteiger partial charge in [0.1, 0.15) is 0 Å². The molecule has 1 aliphatic rings. The first-order chi connectivity index (χ1) is 5.04. The summed E-state index contributed by atoms with van der Waals surface area (Å²) in [6.45, 7) is 1.76. The van der Waals surface area contributed by atoms with Gasteiger partial charge in [0, 0.05) is 19.4 Å². The number of aliphatic hydroxyl groups excluding tert-OH is 1. The molecule has 1 rings (SSSR count). The molecule has 1 atom stereocenters.